The molecule has 0 aromatic carbocycles. The summed E-state index contributed by atoms with van der Waals surface area (Å²) in [6.45, 7) is 3.35. The van der Waals surface area contributed by atoms with Gasteiger partial charge in [-0.05, 0) is 12.8 Å². The van der Waals surface area contributed by atoms with Gasteiger partial charge in [-0.15, -0.1) is 0 Å². The van der Waals surface area contributed by atoms with Gasteiger partial charge in [-0.3, -0.25) is 18.6 Å². The third kappa shape index (κ3) is 29.1. The smallest absolute Gasteiger partial charge is 0.462 e. The van der Waals surface area contributed by atoms with E-state index in [1.165, 1.54) is 109 Å². The Kier molecular flexibility index (Phi) is 29.3. The van der Waals surface area contributed by atoms with Crippen molar-refractivity contribution in [3.8, 4) is 0 Å². The maximum atomic E-state index is 12.3. The van der Waals surface area contributed by atoms with Crippen molar-refractivity contribution in [2.24, 2.45) is 5.73 Å². The Morgan fingerprint density at radius 3 is 1.50 bits per heavy atom. The number of unbranched alkanes of at least 4 members (excludes halogenated alkanes) is 19. The number of nitrogens with two attached hydrogens (primary N) is 1. The number of carbonyl (C=O) groups excluding carboxylic acids is 2. The zero-order valence-corrected chi connectivity index (χ0v) is 27.9. The van der Waals surface area contributed by atoms with Crippen LogP contribution in [-0.2, 0) is 32.7 Å². The Morgan fingerprint density at radius 1 is 0.619 bits per heavy atom. The Bertz CT molecular complexity index is 679. The largest absolute Gasteiger partial charge is 0.472 e. The van der Waals surface area contributed by atoms with Crippen LogP contribution < -0.4 is 5.73 Å². The van der Waals surface area contributed by atoms with Gasteiger partial charge in [-0.2, -0.15) is 0 Å². The monoisotopic (exact) mass is 621 g/mol. The minimum absolute atomic E-state index is 0.0560. The number of phosphoric ester groups is 1. The molecule has 0 spiro atoms. The first-order chi connectivity index (χ1) is 20.3. The molecule has 0 fully saturated rings. The van der Waals surface area contributed by atoms with Crippen molar-refractivity contribution >= 4 is 19.8 Å². The molecule has 2 unspecified atom stereocenters. The number of phosphoric acid groups is 1. The predicted octanol–water partition coefficient (Wildman–Crippen LogP) is 8.55. The van der Waals surface area contributed by atoms with Gasteiger partial charge in [0.15, 0.2) is 6.10 Å². The molecule has 0 radical (unpaired) electrons. The van der Waals surface area contributed by atoms with Crippen LogP contribution in [0.4, 0.5) is 0 Å². The fraction of sp³-hybridized carbons (Fsp3) is 0.938. The Hall–Kier alpha value is -0.990. The molecule has 0 aliphatic heterocycles. The van der Waals surface area contributed by atoms with Gasteiger partial charge in [0.1, 0.15) is 6.61 Å². The van der Waals surface area contributed by atoms with Crippen molar-refractivity contribution in [2.45, 2.75) is 168 Å². The fourth-order valence-electron chi connectivity index (χ4n) is 4.73. The molecule has 0 heterocycles. The first-order valence-electron chi connectivity index (χ1n) is 17.0. The molecule has 0 bridgehead atoms. The summed E-state index contributed by atoms with van der Waals surface area (Å²) in [5.74, 6) is -0.882. The number of esters is 2. The Labute approximate surface area is 257 Å². The first kappa shape index (κ1) is 41.0. The zero-order chi connectivity index (χ0) is 31.2. The Balaban J connectivity index is 3.81. The van der Waals surface area contributed by atoms with Crippen LogP contribution in [0.1, 0.15) is 162 Å². The highest BCUT2D eigenvalue weighted by Crippen LogP contribution is 2.43. The van der Waals surface area contributed by atoms with Gasteiger partial charge in [0, 0.05) is 19.4 Å². The van der Waals surface area contributed by atoms with Crippen molar-refractivity contribution < 1.29 is 37.6 Å². The minimum Gasteiger partial charge on any atom is -0.462 e. The fourth-order valence-corrected chi connectivity index (χ4v) is 5.50. The summed E-state index contributed by atoms with van der Waals surface area (Å²) in [7, 11) is -4.34. The number of hydrogen-bond acceptors (Lipinski definition) is 8. The molecular formula is C32H64NO8P. The molecule has 0 amide bonds. The van der Waals surface area contributed by atoms with E-state index in [9.17, 15) is 19.0 Å². The van der Waals surface area contributed by atoms with Crippen LogP contribution in [0.25, 0.3) is 0 Å². The molecule has 42 heavy (non-hydrogen) atoms. The molecule has 0 saturated carbocycles. The average Bonchev–Trinajstić information content (AvgIpc) is 2.96. The second kappa shape index (κ2) is 30.1. The summed E-state index contributed by atoms with van der Waals surface area (Å²) in [6.07, 6.45) is 25.9. The highest BCUT2D eigenvalue weighted by molar-refractivity contribution is 7.47. The lowest BCUT2D eigenvalue weighted by atomic mass is 10.0. The van der Waals surface area contributed by atoms with E-state index in [0.717, 1.165) is 12.8 Å². The van der Waals surface area contributed by atoms with Crippen LogP contribution >= 0.6 is 7.82 Å². The molecule has 250 valence electrons. The summed E-state index contributed by atoms with van der Waals surface area (Å²) >= 11 is 0. The van der Waals surface area contributed by atoms with Crippen molar-refractivity contribution in [1.82, 2.24) is 0 Å². The summed E-state index contributed by atoms with van der Waals surface area (Å²) in [5.41, 5.74) is 5.27. The zero-order valence-electron chi connectivity index (χ0n) is 27.0. The maximum Gasteiger partial charge on any atom is 0.472 e. The molecular weight excluding hydrogens is 557 g/mol. The topological polar surface area (TPSA) is 134 Å². The van der Waals surface area contributed by atoms with E-state index in [-0.39, 0.29) is 32.6 Å². The highest BCUT2D eigenvalue weighted by atomic mass is 31.2. The van der Waals surface area contributed by atoms with E-state index in [1.54, 1.807) is 0 Å². The van der Waals surface area contributed by atoms with Gasteiger partial charge in [-0.25, -0.2) is 4.57 Å². The SMILES string of the molecule is CCCCCCCCCCCCCCCCCCCCCCC(=O)OC(COC(=O)CCC)COP(=O)(O)OCCN. The van der Waals surface area contributed by atoms with Crippen molar-refractivity contribution in [3.63, 3.8) is 0 Å². The number of ether oxygens (including phenoxy) is 2. The van der Waals surface area contributed by atoms with Crippen molar-refractivity contribution in [3.05, 3.63) is 0 Å². The number of rotatable bonds is 32. The van der Waals surface area contributed by atoms with E-state index in [2.05, 4.69) is 11.4 Å². The minimum atomic E-state index is -4.34. The van der Waals surface area contributed by atoms with Crippen LogP contribution in [0.5, 0.6) is 0 Å². The summed E-state index contributed by atoms with van der Waals surface area (Å²) in [6, 6.07) is 0. The van der Waals surface area contributed by atoms with Gasteiger partial charge < -0.3 is 20.1 Å². The second-order valence-corrected chi connectivity index (χ2v) is 12.9. The normalized spacial score (nSPS) is 13.5. The second-order valence-electron chi connectivity index (χ2n) is 11.4. The van der Waals surface area contributed by atoms with E-state index in [0.29, 0.717) is 12.8 Å². The van der Waals surface area contributed by atoms with Crippen LogP contribution in [-0.4, -0.2) is 49.3 Å². The number of carbonyl (C=O) groups is 2. The Morgan fingerprint density at radius 2 is 1.07 bits per heavy atom. The van der Waals surface area contributed by atoms with Crippen LogP contribution in [0, 0.1) is 0 Å². The van der Waals surface area contributed by atoms with Crippen LogP contribution in [0.3, 0.4) is 0 Å². The molecule has 0 aromatic heterocycles. The standard InChI is InChI=1S/C32H64NO8P/c1-3-5-6-7-8-9-10-11-12-13-14-15-16-17-18-19-20-21-22-23-25-32(35)41-30(28-38-31(34)24-4-2)29-40-42(36,37)39-27-26-33/h30H,3-29,33H2,1-2H3,(H,36,37). The predicted molar refractivity (Wildman–Crippen MR) is 169 cm³/mol. The van der Waals surface area contributed by atoms with Crippen LogP contribution in [0.2, 0.25) is 0 Å². The lowest BCUT2D eigenvalue weighted by Gasteiger charge is -2.19. The molecule has 2 atom stereocenters. The third-order valence-corrected chi connectivity index (χ3v) is 8.20. The average molecular weight is 622 g/mol. The maximum absolute atomic E-state index is 12.3. The van der Waals surface area contributed by atoms with E-state index in [1.807, 2.05) is 6.92 Å². The molecule has 0 rings (SSSR count). The molecule has 0 aromatic rings. The van der Waals surface area contributed by atoms with Gasteiger partial charge in [-0.1, -0.05) is 136 Å². The van der Waals surface area contributed by atoms with Crippen molar-refractivity contribution in [2.75, 3.05) is 26.4 Å². The summed E-state index contributed by atoms with van der Waals surface area (Å²) < 4.78 is 31.9. The van der Waals surface area contributed by atoms with E-state index >= 15 is 0 Å². The molecule has 10 heteroatoms. The molecule has 3 N–H and O–H groups in total. The van der Waals surface area contributed by atoms with E-state index in [4.69, 9.17) is 19.7 Å². The quantitative estimate of drug-likeness (QED) is 0.0430. The van der Waals surface area contributed by atoms with Gasteiger partial charge in [0.2, 0.25) is 0 Å². The molecule has 0 aliphatic rings. The summed E-state index contributed by atoms with van der Waals surface area (Å²) in [5, 5.41) is 0. The lowest BCUT2D eigenvalue weighted by molar-refractivity contribution is -0.161. The van der Waals surface area contributed by atoms with Crippen LogP contribution in [0.15, 0.2) is 0 Å². The molecule has 0 aliphatic carbocycles. The lowest BCUT2D eigenvalue weighted by Crippen LogP contribution is -2.29. The summed E-state index contributed by atoms with van der Waals surface area (Å²) in [4.78, 5) is 33.7. The van der Waals surface area contributed by atoms with Gasteiger partial charge in [0.25, 0.3) is 0 Å². The van der Waals surface area contributed by atoms with Crippen molar-refractivity contribution in [1.29, 1.82) is 0 Å². The highest BCUT2D eigenvalue weighted by Gasteiger charge is 2.25. The molecule has 9 nitrogen and oxygen atoms in total. The first-order valence-corrected chi connectivity index (χ1v) is 18.5. The third-order valence-electron chi connectivity index (χ3n) is 7.21. The van der Waals surface area contributed by atoms with E-state index < -0.39 is 32.5 Å². The van der Waals surface area contributed by atoms with Gasteiger partial charge >= 0.3 is 19.8 Å². The van der Waals surface area contributed by atoms with Gasteiger partial charge in [0.05, 0.1) is 13.2 Å². The number of hydrogen-bond donors (Lipinski definition) is 2. The molecule has 0 saturated heterocycles.